The van der Waals surface area contributed by atoms with Crippen molar-refractivity contribution in [1.29, 1.82) is 0 Å². The van der Waals surface area contributed by atoms with Crippen LogP contribution in [0.15, 0.2) is 53.4 Å². The van der Waals surface area contributed by atoms with Gasteiger partial charge in [0.2, 0.25) is 0 Å². The number of amides is 1. The molecule has 2 N–H and O–H groups in total. The Bertz CT molecular complexity index is 1170. The van der Waals surface area contributed by atoms with Gasteiger partial charge in [-0.05, 0) is 63.4 Å². The van der Waals surface area contributed by atoms with Crippen LogP contribution in [-0.4, -0.2) is 45.0 Å². The number of thioether (sulfide) groups is 1. The van der Waals surface area contributed by atoms with Gasteiger partial charge in [0, 0.05) is 42.1 Å². The molecule has 3 aromatic rings. The van der Waals surface area contributed by atoms with E-state index in [2.05, 4.69) is 12.2 Å². The molecule has 37 heavy (non-hydrogen) atoms. The maximum Gasteiger partial charge on any atom is 0.319 e. The highest BCUT2D eigenvalue weighted by atomic mass is 32.2. The minimum Gasteiger partial charge on any atom is -0.480 e. The average molecular weight is 526 g/mol. The van der Waals surface area contributed by atoms with Crippen LogP contribution in [0.5, 0.6) is 0 Å². The number of methoxy groups -OCH3 is 1. The largest absolute Gasteiger partial charge is 0.480 e. The van der Waals surface area contributed by atoms with E-state index in [1.54, 1.807) is 21.0 Å². The molecule has 0 radical (unpaired) electrons. The van der Waals surface area contributed by atoms with Gasteiger partial charge in [0.25, 0.3) is 5.91 Å². The standard InChI is InChI=1S/C27H33N3O4S.C2H6/c1-6-19-8-12-21(13-9-19)28-25(31)23-18(2)30(16-7-17-34-5)24(29-23)20-10-14-22(15-11-20)35-27(3,4)26(32)33;1-2/h8-15H,6-7,16-17H2,1-5H3,(H,28,31)(H,32,33);1-2H3. The molecular weight excluding hydrogens is 486 g/mol. The second-order valence-corrected chi connectivity index (χ2v) is 10.5. The Morgan fingerprint density at radius 1 is 1.08 bits per heavy atom. The van der Waals surface area contributed by atoms with Crippen LogP contribution in [0, 0.1) is 6.92 Å². The van der Waals surface area contributed by atoms with Crippen LogP contribution in [0.2, 0.25) is 0 Å². The Balaban J connectivity index is 0.00000235. The first-order valence-corrected chi connectivity index (χ1v) is 13.5. The van der Waals surface area contributed by atoms with Gasteiger partial charge in [0.15, 0.2) is 0 Å². The van der Waals surface area contributed by atoms with Crippen molar-refractivity contribution in [3.05, 3.63) is 65.5 Å². The van der Waals surface area contributed by atoms with Crippen LogP contribution >= 0.6 is 11.8 Å². The van der Waals surface area contributed by atoms with E-state index in [1.165, 1.54) is 17.3 Å². The molecule has 0 saturated carbocycles. The van der Waals surface area contributed by atoms with E-state index in [9.17, 15) is 14.7 Å². The number of carboxylic acids is 1. The summed E-state index contributed by atoms with van der Waals surface area (Å²) in [6.07, 6.45) is 1.72. The Kier molecular flexibility index (Phi) is 11.4. The molecule has 8 heteroatoms. The lowest BCUT2D eigenvalue weighted by molar-refractivity contribution is -0.138. The summed E-state index contributed by atoms with van der Waals surface area (Å²) in [5, 5.41) is 12.4. The van der Waals surface area contributed by atoms with Gasteiger partial charge >= 0.3 is 5.97 Å². The summed E-state index contributed by atoms with van der Waals surface area (Å²) in [6.45, 7) is 12.6. The van der Waals surface area contributed by atoms with Crippen LogP contribution < -0.4 is 5.32 Å². The van der Waals surface area contributed by atoms with Crippen molar-refractivity contribution >= 4 is 29.3 Å². The molecule has 0 bridgehead atoms. The van der Waals surface area contributed by atoms with Crippen LogP contribution in [0.4, 0.5) is 5.69 Å². The number of nitrogens with one attached hydrogen (secondary N) is 1. The summed E-state index contributed by atoms with van der Waals surface area (Å²) in [6, 6.07) is 15.4. The van der Waals surface area contributed by atoms with Crippen LogP contribution in [0.1, 0.15) is 62.8 Å². The molecule has 0 aliphatic carbocycles. The number of hydrogen-bond donors (Lipinski definition) is 2. The van der Waals surface area contributed by atoms with E-state index < -0.39 is 10.7 Å². The lowest BCUT2D eigenvalue weighted by atomic mass is 10.1. The fraction of sp³-hybridized carbons (Fsp3) is 0.414. The number of aliphatic carboxylic acids is 1. The Morgan fingerprint density at radius 2 is 1.70 bits per heavy atom. The fourth-order valence-corrected chi connectivity index (χ4v) is 4.58. The number of aryl methyl sites for hydroxylation is 1. The Labute approximate surface area is 224 Å². The van der Waals surface area contributed by atoms with Gasteiger partial charge in [-0.15, -0.1) is 11.8 Å². The molecule has 0 atom stereocenters. The van der Waals surface area contributed by atoms with Crippen molar-refractivity contribution in [1.82, 2.24) is 9.55 Å². The van der Waals surface area contributed by atoms with Gasteiger partial charge in [0.05, 0.1) is 0 Å². The minimum absolute atomic E-state index is 0.256. The summed E-state index contributed by atoms with van der Waals surface area (Å²) in [4.78, 5) is 30.2. The Hall–Kier alpha value is -3.10. The molecule has 0 unspecified atom stereocenters. The zero-order chi connectivity index (χ0) is 27.6. The summed E-state index contributed by atoms with van der Waals surface area (Å²) < 4.78 is 6.32. The van der Waals surface area contributed by atoms with Gasteiger partial charge in [-0.2, -0.15) is 0 Å². The van der Waals surface area contributed by atoms with Gasteiger partial charge in [-0.1, -0.05) is 45.0 Å². The van der Waals surface area contributed by atoms with Crippen molar-refractivity contribution in [2.75, 3.05) is 19.0 Å². The normalized spacial score (nSPS) is 11.0. The quantitative estimate of drug-likeness (QED) is 0.214. The first-order valence-electron chi connectivity index (χ1n) is 12.7. The number of benzene rings is 2. The molecule has 1 aromatic heterocycles. The topological polar surface area (TPSA) is 93.5 Å². The molecule has 7 nitrogen and oxygen atoms in total. The smallest absolute Gasteiger partial charge is 0.319 e. The first-order chi connectivity index (χ1) is 17.7. The van der Waals surface area contributed by atoms with Crippen molar-refractivity contribution in [3.8, 4) is 11.4 Å². The zero-order valence-corrected chi connectivity index (χ0v) is 23.7. The number of rotatable bonds is 11. The first kappa shape index (κ1) is 30.1. The molecule has 1 heterocycles. The molecule has 0 spiro atoms. The number of anilines is 1. The minimum atomic E-state index is -0.933. The maximum atomic E-state index is 13.1. The lowest BCUT2D eigenvalue weighted by Crippen LogP contribution is -2.26. The number of carboxylic acid groups (broad SMARTS) is 1. The summed E-state index contributed by atoms with van der Waals surface area (Å²) in [7, 11) is 1.67. The predicted octanol–water partition coefficient (Wildman–Crippen LogP) is 6.69. The van der Waals surface area contributed by atoms with Gasteiger partial charge in [-0.3, -0.25) is 9.59 Å². The average Bonchev–Trinajstić information content (AvgIpc) is 3.22. The van der Waals surface area contributed by atoms with E-state index in [0.29, 0.717) is 24.7 Å². The third kappa shape index (κ3) is 7.94. The van der Waals surface area contributed by atoms with Crippen LogP contribution in [0.25, 0.3) is 11.4 Å². The van der Waals surface area contributed by atoms with Crippen molar-refractivity contribution in [2.24, 2.45) is 0 Å². The number of carbonyl (C=O) groups excluding carboxylic acids is 1. The van der Waals surface area contributed by atoms with Crippen LogP contribution in [0.3, 0.4) is 0 Å². The molecule has 0 aliphatic heterocycles. The summed E-state index contributed by atoms with van der Waals surface area (Å²) in [5.41, 5.74) is 3.95. The number of aromatic nitrogens is 2. The summed E-state index contributed by atoms with van der Waals surface area (Å²) in [5.74, 6) is -0.427. The van der Waals surface area contributed by atoms with E-state index in [4.69, 9.17) is 9.72 Å². The lowest BCUT2D eigenvalue weighted by Gasteiger charge is -2.18. The molecule has 2 aromatic carbocycles. The monoisotopic (exact) mass is 525 g/mol. The van der Waals surface area contributed by atoms with Gasteiger partial charge < -0.3 is 19.7 Å². The SMILES string of the molecule is CC.CCc1ccc(NC(=O)c2nc(-c3ccc(SC(C)(C)C(=O)O)cc3)n(CCCOC)c2C)cc1. The van der Waals surface area contributed by atoms with E-state index in [1.807, 2.05) is 73.9 Å². The zero-order valence-electron chi connectivity index (χ0n) is 22.9. The highest BCUT2D eigenvalue weighted by Crippen LogP contribution is 2.34. The van der Waals surface area contributed by atoms with E-state index in [-0.39, 0.29) is 5.91 Å². The summed E-state index contributed by atoms with van der Waals surface area (Å²) >= 11 is 1.29. The molecular formula is C29H39N3O4S. The predicted molar refractivity (Wildman–Crippen MR) is 152 cm³/mol. The molecule has 0 saturated heterocycles. The number of hydrogen-bond acceptors (Lipinski definition) is 5. The molecule has 3 rings (SSSR count). The number of nitrogens with zero attached hydrogens (tertiary/aromatic N) is 2. The fourth-order valence-electron chi connectivity index (χ4n) is 3.63. The van der Waals surface area contributed by atoms with Crippen molar-refractivity contribution in [2.45, 2.75) is 70.6 Å². The molecule has 0 fully saturated rings. The molecule has 0 aliphatic rings. The highest BCUT2D eigenvalue weighted by molar-refractivity contribution is 8.01. The second kappa shape index (κ2) is 14.0. The van der Waals surface area contributed by atoms with Gasteiger partial charge in [0.1, 0.15) is 16.3 Å². The number of imidazole rings is 1. The van der Waals surface area contributed by atoms with Gasteiger partial charge in [-0.25, -0.2) is 4.98 Å². The molecule has 200 valence electrons. The van der Waals surface area contributed by atoms with Crippen LogP contribution in [-0.2, 0) is 22.5 Å². The third-order valence-electron chi connectivity index (χ3n) is 5.79. The third-order valence-corrected chi connectivity index (χ3v) is 6.98. The highest BCUT2D eigenvalue weighted by Gasteiger charge is 2.28. The molecule has 1 amide bonds. The maximum absolute atomic E-state index is 13.1. The number of ether oxygens (including phenoxy) is 1. The van der Waals surface area contributed by atoms with Crippen molar-refractivity contribution < 1.29 is 19.4 Å². The van der Waals surface area contributed by atoms with E-state index in [0.717, 1.165) is 34.7 Å². The number of carbonyl (C=O) groups is 2. The second-order valence-electron chi connectivity index (χ2n) is 8.81. The Morgan fingerprint density at radius 3 is 2.24 bits per heavy atom. The van der Waals surface area contributed by atoms with E-state index >= 15 is 0 Å². The van der Waals surface area contributed by atoms with Crippen molar-refractivity contribution in [3.63, 3.8) is 0 Å².